The number of hydrazine groups is 1. The first-order chi connectivity index (χ1) is 10.8. The third kappa shape index (κ3) is 2.81. The molecule has 0 aliphatic carbocycles. The largest absolute Gasteiger partial charge is 0.435 e. The van der Waals surface area contributed by atoms with Crippen LogP contribution in [0.3, 0.4) is 0 Å². The summed E-state index contributed by atoms with van der Waals surface area (Å²) in [6.45, 7) is 3.79. The number of aryl methyl sites for hydroxylation is 1. The van der Waals surface area contributed by atoms with E-state index in [0.29, 0.717) is 5.56 Å². The zero-order chi connectivity index (χ0) is 16.8. The first-order valence-electron chi connectivity index (χ1n) is 7.54. The Bertz CT molecular complexity index is 721. The Morgan fingerprint density at radius 3 is 2.70 bits per heavy atom. The summed E-state index contributed by atoms with van der Waals surface area (Å²) >= 11 is 0. The van der Waals surface area contributed by atoms with E-state index in [2.05, 4.69) is 22.0 Å². The molecule has 7 heteroatoms. The van der Waals surface area contributed by atoms with Gasteiger partial charge in [0, 0.05) is 38.9 Å². The van der Waals surface area contributed by atoms with Crippen molar-refractivity contribution in [3.8, 4) is 11.1 Å². The van der Waals surface area contributed by atoms with Gasteiger partial charge in [0.15, 0.2) is 5.69 Å². The second kappa shape index (κ2) is 5.56. The number of halogens is 3. The van der Waals surface area contributed by atoms with Crippen LogP contribution in [0.2, 0.25) is 0 Å². The third-order valence-corrected chi connectivity index (χ3v) is 4.23. The molecule has 0 atom stereocenters. The Morgan fingerprint density at radius 2 is 2.04 bits per heavy atom. The minimum Gasteiger partial charge on any atom is -0.305 e. The molecule has 0 saturated heterocycles. The topological polar surface area (TPSA) is 24.3 Å². The van der Waals surface area contributed by atoms with Gasteiger partial charge in [0.2, 0.25) is 0 Å². The Kier molecular flexibility index (Phi) is 3.83. The van der Waals surface area contributed by atoms with Crippen molar-refractivity contribution in [3.05, 3.63) is 35.7 Å². The molecule has 2 aromatic rings. The minimum absolute atomic E-state index is 0.130. The van der Waals surface area contributed by atoms with E-state index in [0.717, 1.165) is 30.8 Å². The van der Waals surface area contributed by atoms with E-state index in [-0.39, 0.29) is 5.56 Å². The normalized spacial score (nSPS) is 14.7. The Balaban J connectivity index is 2.02. The fourth-order valence-electron chi connectivity index (χ4n) is 2.99. The molecule has 1 aliphatic rings. The van der Waals surface area contributed by atoms with Crippen LogP contribution in [-0.4, -0.2) is 34.9 Å². The molecule has 1 aliphatic heterocycles. The molecule has 0 unspecified atom stereocenters. The van der Waals surface area contributed by atoms with Gasteiger partial charge in [-0.05, 0) is 29.7 Å². The van der Waals surface area contributed by atoms with Crippen molar-refractivity contribution in [3.63, 3.8) is 0 Å². The second-order valence-corrected chi connectivity index (χ2v) is 5.75. The third-order valence-electron chi connectivity index (χ3n) is 4.23. The van der Waals surface area contributed by atoms with Crippen LogP contribution in [0.5, 0.6) is 0 Å². The van der Waals surface area contributed by atoms with E-state index >= 15 is 0 Å². The van der Waals surface area contributed by atoms with Gasteiger partial charge in [-0.1, -0.05) is 13.0 Å². The average Bonchev–Trinajstić information content (AvgIpc) is 3.08. The van der Waals surface area contributed by atoms with Gasteiger partial charge in [0.1, 0.15) is 0 Å². The number of alkyl halides is 3. The van der Waals surface area contributed by atoms with Crippen LogP contribution in [-0.2, 0) is 19.6 Å². The van der Waals surface area contributed by atoms with Gasteiger partial charge >= 0.3 is 6.18 Å². The molecule has 0 amide bonds. The summed E-state index contributed by atoms with van der Waals surface area (Å²) in [5.41, 5.74) is 1.99. The zero-order valence-electron chi connectivity index (χ0n) is 13.4. The molecule has 3 rings (SSSR count). The molecule has 124 valence electrons. The first kappa shape index (κ1) is 15.9. The molecule has 0 N–H and O–H groups in total. The molecule has 0 radical (unpaired) electrons. The molecule has 4 nitrogen and oxygen atoms in total. The summed E-state index contributed by atoms with van der Waals surface area (Å²) in [5.74, 6) is 0. The molecule has 0 bridgehead atoms. The fourth-order valence-corrected chi connectivity index (χ4v) is 2.99. The molecule has 0 spiro atoms. The molecule has 0 fully saturated rings. The maximum atomic E-state index is 13.1. The molecule has 2 heterocycles. The SMILES string of the molecule is CCN(C)N1CCc2cc(-c3cn(C)nc3C(F)(F)F)ccc21. The van der Waals surface area contributed by atoms with Gasteiger partial charge < -0.3 is 5.01 Å². The molecular formula is C16H19F3N4. The number of hydrogen-bond acceptors (Lipinski definition) is 3. The Morgan fingerprint density at radius 1 is 1.30 bits per heavy atom. The highest BCUT2D eigenvalue weighted by atomic mass is 19.4. The first-order valence-corrected chi connectivity index (χ1v) is 7.54. The van der Waals surface area contributed by atoms with Gasteiger partial charge in [-0.3, -0.25) is 4.68 Å². The summed E-state index contributed by atoms with van der Waals surface area (Å²) in [5, 5.41) is 7.85. The van der Waals surface area contributed by atoms with Crippen molar-refractivity contribution in [2.24, 2.45) is 7.05 Å². The molecular weight excluding hydrogens is 305 g/mol. The van der Waals surface area contributed by atoms with Crippen molar-refractivity contribution in [2.75, 3.05) is 25.1 Å². The van der Waals surface area contributed by atoms with Gasteiger partial charge in [-0.25, -0.2) is 5.01 Å². The summed E-state index contributed by atoms with van der Waals surface area (Å²) in [6, 6.07) is 5.50. The number of fused-ring (bicyclic) bond motifs is 1. The molecule has 23 heavy (non-hydrogen) atoms. The van der Waals surface area contributed by atoms with E-state index < -0.39 is 11.9 Å². The average molecular weight is 324 g/mol. The Labute approximate surface area is 133 Å². The number of anilines is 1. The van der Waals surface area contributed by atoms with Crippen LogP contribution < -0.4 is 5.01 Å². The summed E-state index contributed by atoms with van der Waals surface area (Å²) < 4.78 is 40.6. The van der Waals surface area contributed by atoms with Crippen molar-refractivity contribution in [2.45, 2.75) is 19.5 Å². The van der Waals surface area contributed by atoms with Gasteiger partial charge in [-0.2, -0.15) is 18.3 Å². The Hall–Kier alpha value is -2.02. The second-order valence-electron chi connectivity index (χ2n) is 5.75. The highest BCUT2D eigenvalue weighted by Gasteiger charge is 2.37. The van der Waals surface area contributed by atoms with Gasteiger partial charge in [0.25, 0.3) is 0 Å². The van der Waals surface area contributed by atoms with E-state index in [1.165, 1.54) is 17.9 Å². The van der Waals surface area contributed by atoms with Crippen molar-refractivity contribution in [1.29, 1.82) is 0 Å². The number of hydrogen-bond donors (Lipinski definition) is 0. The quantitative estimate of drug-likeness (QED) is 0.865. The monoisotopic (exact) mass is 324 g/mol. The lowest BCUT2D eigenvalue weighted by Gasteiger charge is -2.29. The highest BCUT2D eigenvalue weighted by molar-refractivity contribution is 5.72. The van der Waals surface area contributed by atoms with Gasteiger partial charge in [0.05, 0.1) is 5.69 Å². The lowest BCUT2D eigenvalue weighted by atomic mass is 10.0. The summed E-state index contributed by atoms with van der Waals surface area (Å²) in [4.78, 5) is 0. The number of nitrogens with zero attached hydrogens (tertiary/aromatic N) is 4. The predicted molar refractivity (Wildman–Crippen MR) is 83.0 cm³/mol. The van der Waals surface area contributed by atoms with Crippen LogP contribution in [0.15, 0.2) is 24.4 Å². The molecule has 1 aromatic carbocycles. The fraction of sp³-hybridized carbons (Fsp3) is 0.438. The van der Waals surface area contributed by atoms with Crippen molar-refractivity contribution in [1.82, 2.24) is 14.8 Å². The van der Waals surface area contributed by atoms with Gasteiger partial charge in [-0.15, -0.1) is 0 Å². The van der Waals surface area contributed by atoms with Crippen LogP contribution in [0, 0.1) is 0 Å². The molecule has 0 saturated carbocycles. The summed E-state index contributed by atoms with van der Waals surface area (Å²) in [6.07, 6.45) is -2.20. The lowest BCUT2D eigenvalue weighted by Crippen LogP contribution is -2.38. The lowest BCUT2D eigenvalue weighted by molar-refractivity contribution is -0.140. The highest BCUT2D eigenvalue weighted by Crippen LogP contribution is 2.38. The van der Waals surface area contributed by atoms with Crippen molar-refractivity contribution < 1.29 is 13.2 Å². The minimum atomic E-state index is -4.45. The zero-order valence-corrected chi connectivity index (χ0v) is 13.4. The van der Waals surface area contributed by atoms with E-state index in [1.54, 1.807) is 6.07 Å². The summed E-state index contributed by atoms with van der Waals surface area (Å²) in [7, 11) is 3.51. The predicted octanol–water partition coefficient (Wildman–Crippen LogP) is 3.34. The molecule has 1 aromatic heterocycles. The van der Waals surface area contributed by atoms with E-state index in [9.17, 15) is 13.2 Å². The van der Waals surface area contributed by atoms with Crippen molar-refractivity contribution >= 4 is 5.69 Å². The maximum absolute atomic E-state index is 13.1. The number of benzene rings is 1. The number of rotatable bonds is 3. The maximum Gasteiger partial charge on any atom is 0.435 e. The smallest absolute Gasteiger partial charge is 0.305 e. The van der Waals surface area contributed by atoms with Crippen LogP contribution in [0.4, 0.5) is 18.9 Å². The number of aromatic nitrogens is 2. The van der Waals surface area contributed by atoms with Crippen LogP contribution >= 0.6 is 0 Å². The van der Waals surface area contributed by atoms with Crippen LogP contribution in [0.25, 0.3) is 11.1 Å². The van der Waals surface area contributed by atoms with E-state index in [4.69, 9.17) is 0 Å². The van der Waals surface area contributed by atoms with E-state index in [1.807, 2.05) is 19.2 Å². The standard InChI is InChI=1S/C16H19F3N4/c1-4-22(3)23-8-7-12-9-11(5-6-14(12)23)13-10-21(2)20-15(13)16(17,18)19/h5-6,9-10H,4,7-8H2,1-3H3. The van der Waals surface area contributed by atoms with Crippen LogP contribution in [0.1, 0.15) is 18.2 Å².